The molecule has 0 fully saturated rings. The largest absolute Gasteiger partial charge is 0.466 e. The van der Waals surface area contributed by atoms with Crippen molar-refractivity contribution in [1.82, 2.24) is 14.9 Å². The second-order valence-electron chi connectivity index (χ2n) is 5.90. The molecule has 0 amide bonds. The van der Waals surface area contributed by atoms with Crippen LogP contribution >= 0.6 is 0 Å². The Labute approximate surface area is 139 Å². The van der Waals surface area contributed by atoms with E-state index in [-0.39, 0.29) is 11.6 Å². The minimum Gasteiger partial charge on any atom is -0.466 e. The first kappa shape index (κ1) is 17.4. The second-order valence-corrected chi connectivity index (χ2v) is 5.90. The summed E-state index contributed by atoms with van der Waals surface area (Å²) in [5.74, 6) is 0.0177. The lowest BCUT2D eigenvalue weighted by Crippen LogP contribution is -2.42. The molecule has 2 rings (SSSR count). The van der Waals surface area contributed by atoms with Crippen molar-refractivity contribution in [3.8, 4) is 0 Å². The van der Waals surface area contributed by atoms with Gasteiger partial charge in [-0.15, -0.1) is 0 Å². The predicted octanol–water partition coefficient (Wildman–Crippen LogP) is 0.997. The summed E-state index contributed by atoms with van der Waals surface area (Å²) in [6, 6.07) is 0. The third-order valence-electron chi connectivity index (χ3n) is 3.18. The van der Waals surface area contributed by atoms with Crippen molar-refractivity contribution < 1.29 is 9.53 Å². The minimum absolute atomic E-state index is 0.141. The van der Waals surface area contributed by atoms with E-state index in [1.54, 1.807) is 4.90 Å². The summed E-state index contributed by atoms with van der Waals surface area (Å²) < 4.78 is 4.56. The Hall–Kier alpha value is -2.97. The maximum absolute atomic E-state index is 12.2. The molecule has 1 aromatic heterocycles. The highest BCUT2D eigenvalue weighted by Gasteiger charge is 2.30. The van der Waals surface area contributed by atoms with Crippen LogP contribution in [0.3, 0.4) is 0 Å². The number of methoxy groups -OCH3 is 1. The van der Waals surface area contributed by atoms with Gasteiger partial charge in [0.2, 0.25) is 5.95 Å². The molecule has 0 spiro atoms. The van der Waals surface area contributed by atoms with Gasteiger partial charge in [-0.3, -0.25) is 9.78 Å². The molecular weight excluding hydrogens is 312 g/mol. The van der Waals surface area contributed by atoms with Crippen molar-refractivity contribution in [2.24, 2.45) is 9.98 Å². The number of rotatable bonds is 4. The van der Waals surface area contributed by atoms with Crippen LogP contribution in [0.5, 0.6) is 0 Å². The van der Waals surface area contributed by atoms with E-state index < -0.39 is 17.1 Å². The fraction of sp³-hybridized carbons (Fsp3) is 0.400. The van der Waals surface area contributed by atoms with Gasteiger partial charge in [0.25, 0.3) is 5.56 Å². The van der Waals surface area contributed by atoms with Crippen molar-refractivity contribution in [3.05, 3.63) is 22.5 Å². The van der Waals surface area contributed by atoms with Crippen molar-refractivity contribution in [3.63, 3.8) is 0 Å². The van der Waals surface area contributed by atoms with Gasteiger partial charge in [0, 0.05) is 20.2 Å². The number of nitrogens with zero attached hydrogens (tertiary/aromatic N) is 4. The Balaban J connectivity index is 2.46. The maximum atomic E-state index is 12.2. The molecule has 128 valence electrons. The van der Waals surface area contributed by atoms with Gasteiger partial charge in [0.1, 0.15) is 0 Å². The zero-order chi connectivity index (χ0) is 17.9. The number of carbonyl (C=O) groups excluding carboxylic acids is 1. The van der Waals surface area contributed by atoms with Crippen molar-refractivity contribution in [2.75, 3.05) is 26.5 Å². The van der Waals surface area contributed by atoms with E-state index >= 15 is 0 Å². The van der Waals surface area contributed by atoms with Crippen molar-refractivity contribution in [1.29, 1.82) is 0 Å². The quantitative estimate of drug-likeness (QED) is 0.368. The molecule has 0 radical (unpaired) electrons. The number of hydrogen-bond donors (Lipinski definition) is 2. The van der Waals surface area contributed by atoms with Crippen LogP contribution in [0.15, 0.2) is 26.9 Å². The van der Waals surface area contributed by atoms with Crippen LogP contribution in [0, 0.1) is 0 Å². The topological polar surface area (TPSA) is 112 Å². The van der Waals surface area contributed by atoms with Crippen LogP contribution in [0.4, 0.5) is 17.5 Å². The molecule has 0 saturated heterocycles. The number of anilines is 1. The van der Waals surface area contributed by atoms with E-state index in [2.05, 4.69) is 30.0 Å². The third-order valence-corrected chi connectivity index (χ3v) is 3.18. The molecular formula is C15H20N6O3. The second kappa shape index (κ2) is 6.65. The van der Waals surface area contributed by atoms with E-state index in [0.717, 1.165) is 0 Å². The van der Waals surface area contributed by atoms with Gasteiger partial charge >= 0.3 is 5.97 Å². The number of esters is 1. The fourth-order valence-electron chi connectivity index (χ4n) is 1.96. The lowest BCUT2D eigenvalue weighted by atomic mass is 9.95. The molecule has 24 heavy (non-hydrogen) atoms. The molecule has 1 aliphatic rings. The summed E-state index contributed by atoms with van der Waals surface area (Å²) >= 11 is 0. The van der Waals surface area contributed by atoms with Gasteiger partial charge in [0.05, 0.1) is 24.7 Å². The number of H-pyrrole nitrogens is 1. The van der Waals surface area contributed by atoms with E-state index in [0.29, 0.717) is 11.5 Å². The van der Waals surface area contributed by atoms with Crippen LogP contribution in [0.25, 0.3) is 0 Å². The summed E-state index contributed by atoms with van der Waals surface area (Å²) in [7, 11) is 4.91. The maximum Gasteiger partial charge on any atom is 0.330 e. The normalized spacial score (nSPS) is 15.8. The monoisotopic (exact) mass is 332 g/mol. The Morgan fingerprint density at radius 1 is 1.38 bits per heavy atom. The molecule has 2 N–H and O–H groups in total. The molecule has 1 aliphatic heterocycles. The standard InChI is InChI=1S/C15H20N6O3/c1-15(2)9(6-7-10(22)24-5)17-11-12(20-15)18-14(19-13(11)23)16-8-21(3)4/h6-8H,1-5H3,(H2,18,19,20,23)/b7-6+,16-8+. The summed E-state index contributed by atoms with van der Waals surface area (Å²) in [6.45, 7) is 3.73. The highest BCUT2D eigenvalue weighted by atomic mass is 16.5. The average molecular weight is 332 g/mol. The lowest BCUT2D eigenvalue weighted by molar-refractivity contribution is -0.134. The van der Waals surface area contributed by atoms with Crippen molar-refractivity contribution >= 4 is 35.5 Å². The zero-order valence-corrected chi connectivity index (χ0v) is 14.2. The minimum atomic E-state index is -0.624. The molecule has 0 aliphatic carbocycles. The molecule has 0 bridgehead atoms. The van der Waals surface area contributed by atoms with Crippen LogP contribution < -0.4 is 10.9 Å². The number of ether oxygens (including phenoxy) is 1. The van der Waals surface area contributed by atoms with Gasteiger partial charge < -0.3 is 15.0 Å². The molecule has 0 unspecified atom stereocenters. The summed E-state index contributed by atoms with van der Waals surface area (Å²) in [5, 5.41) is 3.14. The van der Waals surface area contributed by atoms with Crippen LogP contribution in [-0.4, -0.2) is 59.6 Å². The average Bonchev–Trinajstić information content (AvgIpc) is 2.50. The number of aromatic nitrogens is 2. The predicted molar refractivity (Wildman–Crippen MR) is 92.6 cm³/mol. The Morgan fingerprint density at radius 2 is 2.08 bits per heavy atom. The first-order valence-electron chi connectivity index (χ1n) is 7.21. The van der Waals surface area contributed by atoms with Gasteiger partial charge in [-0.05, 0) is 19.9 Å². The molecule has 9 heteroatoms. The van der Waals surface area contributed by atoms with Crippen LogP contribution in [0.1, 0.15) is 13.8 Å². The Bertz CT molecular complexity index is 789. The number of fused-ring (bicyclic) bond motifs is 1. The van der Waals surface area contributed by atoms with Gasteiger partial charge in [-0.25, -0.2) is 14.8 Å². The molecule has 1 aromatic rings. The molecule has 0 saturated carbocycles. The zero-order valence-electron chi connectivity index (χ0n) is 14.2. The fourth-order valence-corrected chi connectivity index (χ4v) is 1.96. The molecule has 9 nitrogen and oxygen atoms in total. The van der Waals surface area contributed by atoms with Gasteiger partial charge in [0.15, 0.2) is 11.5 Å². The molecule has 2 heterocycles. The van der Waals surface area contributed by atoms with E-state index in [1.165, 1.54) is 25.6 Å². The van der Waals surface area contributed by atoms with E-state index in [9.17, 15) is 9.59 Å². The first-order valence-corrected chi connectivity index (χ1v) is 7.21. The summed E-state index contributed by atoms with van der Waals surface area (Å²) in [4.78, 5) is 40.5. The van der Waals surface area contributed by atoms with Gasteiger partial charge in [-0.1, -0.05) is 0 Å². The molecule has 0 aromatic carbocycles. The Kier molecular flexibility index (Phi) is 4.82. The SMILES string of the molecule is COC(=O)/C=C/C1=Nc2c(nc(/N=C/N(C)C)[nH]c2=O)NC1(C)C. The van der Waals surface area contributed by atoms with Crippen molar-refractivity contribution in [2.45, 2.75) is 19.4 Å². The number of carbonyl (C=O) groups is 1. The number of nitrogens with one attached hydrogen (secondary N) is 2. The van der Waals surface area contributed by atoms with E-state index in [1.807, 2.05) is 27.9 Å². The van der Waals surface area contributed by atoms with Gasteiger partial charge in [-0.2, -0.15) is 4.98 Å². The Morgan fingerprint density at radius 3 is 2.71 bits per heavy atom. The van der Waals surface area contributed by atoms with Crippen LogP contribution in [0.2, 0.25) is 0 Å². The lowest BCUT2D eigenvalue weighted by Gasteiger charge is -2.31. The first-order chi connectivity index (χ1) is 11.2. The smallest absolute Gasteiger partial charge is 0.330 e. The summed E-state index contributed by atoms with van der Waals surface area (Å²) in [5.41, 5.74) is -0.390. The number of aliphatic imine (C=N–C) groups is 2. The van der Waals surface area contributed by atoms with Crippen LogP contribution in [-0.2, 0) is 9.53 Å². The summed E-state index contributed by atoms with van der Waals surface area (Å²) in [6.07, 6.45) is 4.30. The highest BCUT2D eigenvalue weighted by Crippen LogP contribution is 2.30. The molecule has 0 atom stereocenters. The number of hydrogen-bond acceptors (Lipinski definition) is 7. The third kappa shape index (κ3) is 3.86. The highest BCUT2D eigenvalue weighted by molar-refractivity contribution is 6.09. The van der Waals surface area contributed by atoms with E-state index in [4.69, 9.17) is 0 Å². The number of aromatic amines is 1.